The van der Waals surface area contributed by atoms with Gasteiger partial charge >= 0.3 is 0 Å². The molecule has 82 valence electrons. The van der Waals surface area contributed by atoms with E-state index in [4.69, 9.17) is 5.73 Å². The number of benzene rings is 1. The SMILES string of the molecule is NCc1cc(F)cc(Sc2ncccn2)c1. The van der Waals surface area contributed by atoms with Crippen LogP contribution < -0.4 is 5.73 Å². The molecule has 0 unspecified atom stereocenters. The standard InChI is InChI=1S/C11H10FN3S/c12-9-4-8(7-13)5-10(6-9)16-11-14-2-1-3-15-11/h1-6H,7,13H2. The molecule has 2 rings (SSSR count). The number of aromatic nitrogens is 2. The van der Waals surface area contributed by atoms with Crippen LogP contribution in [0.3, 0.4) is 0 Å². The quantitative estimate of drug-likeness (QED) is 0.829. The van der Waals surface area contributed by atoms with E-state index in [9.17, 15) is 4.39 Å². The Morgan fingerprint density at radius 3 is 2.62 bits per heavy atom. The second kappa shape index (κ2) is 5.05. The van der Waals surface area contributed by atoms with Crippen molar-refractivity contribution >= 4 is 11.8 Å². The first-order chi connectivity index (χ1) is 7.78. The summed E-state index contributed by atoms with van der Waals surface area (Å²) in [6, 6.07) is 6.45. The summed E-state index contributed by atoms with van der Waals surface area (Å²) < 4.78 is 13.2. The van der Waals surface area contributed by atoms with Crippen LogP contribution in [0.25, 0.3) is 0 Å². The summed E-state index contributed by atoms with van der Waals surface area (Å²) in [5.41, 5.74) is 6.24. The van der Waals surface area contributed by atoms with Gasteiger partial charge in [-0.3, -0.25) is 0 Å². The van der Waals surface area contributed by atoms with Gasteiger partial charge in [0.15, 0.2) is 5.16 Å². The topological polar surface area (TPSA) is 51.8 Å². The van der Waals surface area contributed by atoms with Crippen LogP contribution in [-0.2, 0) is 6.54 Å². The van der Waals surface area contributed by atoms with Gasteiger partial charge in [0.2, 0.25) is 0 Å². The normalized spacial score (nSPS) is 10.4. The van der Waals surface area contributed by atoms with E-state index in [1.165, 1.54) is 23.9 Å². The van der Waals surface area contributed by atoms with E-state index < -0.39 is 0 Å². The van der Waals surface area contributed by atoms with Crippen LogP contribution in [0.15, 0.2) is 46.7 Å². The van der Waals surface area contributed by atoms with Gasteiger partial charge < -0.3 is 5.73 Å². The molecule has 2 N–H and O–H groups in total. The van der Waals surface area contributed by atoms with Gasteiger partial charge in [-0.1, -0.05) is 0 Å². The lowest BCUT2D eigenvalue weighted by Gasteiger charge is -2.03. The second-order valence-electron chi connectivity index (χ2n) is 3.13. The van der Waals surface area contributed by atoms with Crippen molar-refractivity contribution in [3.63, 3.8) is 0 Å². The monoisotopic (exact) mass is 235 g/mol. The zero-order chi connectivity index (χ0) is 11.4. The third kappa shape index (κ3) is 2.77. The first-order valence-corrected chi connectivity index (χ1v) is 5.54. The fraction of sp³-hybridized carbons (Fsp3) is 0.0909. The maximum Gasteiger partial charge on any atom is 0.192 e. The van der Waals surface area contributed by atoms with Gasteiger partial charge in [0, 0.05) is 23.8 Å². The summed E-state index contributed by atoms with van der Waals surface area (Å²) in [5, 5.41) is 0.594. The third-order valence-electron chi connectivity index (χ3n) is 1.92. The average molecular weight is 235 g/mol. The molecule has 0 atom stereocenters. The highest BCUT2D eigenvalue weighted by Crippen LogP contribution is 2.25. The molecule has 0 radical (unpaired) electrons. The van der Waals surface area contributed by atoms with Crippen LogP contribution in [0.5, 0.6) is 0 Å². The van der Waals surface area contributed by atoms with Crippen LogP contribution >= 0.6 is 11.8 Å². The van der Waals surface area contributed by atoms with Crippen molar-refractivity contribution in [1.82, 2.24) is 9.97 Å². The molecular weight excluding hydrogens is 225 g/mol. The minimum Gasteiger partial charge on any atom is -0.326 e. The van der Waals surface area contributed by atoms with Crippen LogP contribution in [0.4, 0.5) is 4.39 Å². The Morgan fingerprint density at radius 2 is 1.94 bits per heavy atom. The van der Waals surface area contributed by atoms with Crippen LogP contribution in [-0.4, -0.2) is 9.97 Å². The lowest BCUT2D eigenvalue weighted by molar-refractivity contribution is 0.621. The predicted octanol–water partition coefficient (Wildman–Crippen LogP) is 2.23. The summed E-state index contributed by atoms with van der Waals surface area (Å²) in [5.74, 6) is -0.290. The molecule has 0 spiro atoms. The third-order valence-corrected chi connectivity index (χ3v) is 2.78. The highest BCUT2D eigenvalue weighted by molar-refractivity contribution is 7.99. The molecule has 5 heteroatoms. The summed E-state index contributed by atoms with van der Waals surface area (Å²) in [6.45, 7) is 0.320. The van der Waals surface area contributed by atoms with Gasteiger partial charge in [-0.25, -0.2) is 14.4 Å². The number of rotatable bonds is 3. The van der Waals surface area contributed by atoms with E-state index in [0.717, 1.165) is 10.5 Å². The Kier molecular flexibility index (Phi) is 3.48. The lowest BCUT2D eigenvalue weighted by atomic mass is 10.2. The van der Waals surface area contributed by atoms with E-state index >= 15 is 0 Å². The van der Waals surface area contributed by atoms with Crippen LogP contribution in [0.2, 0.25) is 0 Å². The van der Waals surface area contributed by atoms with Crippen molar-refractivity contribution in [2.75, 3.05) is 0 Å². The van der Waals surface area contributed by atoms with Crippen molar-refractivity contribution < 1.29 is 4.39 Å². The Hall–Kier alpha value is -1.46. The Labute approximate surface area is 96.9 Å². The maximum atomic E-state index is 13.2. The van der Waals surface area contributed by atoms with E-state index in [0.29, 0.717) is 11.7 Å². The van der Waals surface area contributed by atoms with Crippen molar-refractivity contribution in [2.45, 2.75) is 16.6 Å². The number of nitrogens with two attached hydrogens (primary N) is 1. The Bertz CT molecular complexity index is 476. The first-order valence-electron chi connectivity index (χ1n) is 4.72. The first kappa shape index (κ1) is 11.0. The van der Waals surface area contributed by atoms with E-state index in [1.807, 2.05) is 6.07 Å². The largest absolute Gasteiger partial charge is 0.326 e. The molecule has 1 aromatic carbocycles. The molecule has 0 saturated heterocycles. The van der Waals surface area contributed by atoms with Crippen LogP contribution in [0, 0.1) is 5.82 Å². The minimum absolute atomic E-state index is 0.290. The molecule has 16 heavy (non-hydrogen) atoms. The lowest BCUT2D eigenvalue weighted by Crippen LogP contribution is -1.97. The van der Waals surface area contributed by atoms with Crippen molar-refractivity contribution in [3.8, 4) is 0 Å². The fourth-order valence-electron chi connectivity index (χ4n) is 1.24. The maximum absolute atomic E-state index is 13.2. The number of halogens is 1. The van der Waals surface area contributed by atoms with Crippen molar-refractivity contribution in [2.24, 2.45) is 5.73 Å². The molecule has 3 nitrogen and oxygen atoms in total. The highest BCUT2D eigenvalue weighted by atomic mass is 32.2. The molecule has 0 saturated carbocycles. The zero-order valence-electron chi connectivity index (χ0n) is 8.43. The molecule has 0 aliphatic carbocycles. The van der Waals surface area contributed by atoms with Gasteiger partial charge in [-0.05, 0) is 41.6 Å². The number of nitrogens with zero attached hydrogens (tertiary/aromatic N) is 2. The Morgan fingerprint density at radius 1 is 1.19 bits per heavy atom. The van der Waals surface area contributed by atoms with Crippen molar-refractivity contribution in [1.29, 1.82) is 0 Å². The zero-order valence-corrected chi connectivity index (χ0v) is 9.25. The van der Waals surface area contributed by atoms with Gasteiger partial charge in [0.05, 0.1) is 0 Å². The summed E-state index contributed by atoms with van der Waals surface area (Å²) in [7, 11) is 0. The van der Waals surface area contributed by atoms with Crippen molar-refractivity contribution in [3.05, 3.63) is 48.0 Å². The van der Waals surface area contributed by atoms with Gasteiger partial charge in [-0.2, -0.15) is 0 Å². The number of hydrogen-bond acceptors (Lipinski definition) is 4. The Balaban J connectivity index is 2.24. The van der Waals surface area contributed by atoms with E-state index in [2.05, 4.69) is 9.97 Å². The number of hydrogen-bond donors (Lipinski definition) is 1. The van der Waals surface area contributed by atoms with Gasteiger partial charge in [0.1, 0.15) is 5.82 Å². The molecule has 1 aromatic heterocycles. The second-order valence-corrected chi connectivity index (χ2v) is 4.17. The molecule has 0 fully saturated rings. The molecule has 2 aromatic rings. The minimum atomic E-state index is -0.290. The molecule has 1 heterocycles. The highest BCUT2D eigenvalue weighted by Gasteiger charge is 2.03. The van der Waals surface area contributed by atoms with Crippen LogP contribution in [0.1, 0.15) is 5.56 Å². The van der Waals surface area contributed by atoms with Gasteiger partial charge in [-0.15, -0.1) is 0 Å². The summed E-state index contributed by atoms with van der Waals surface area (Å²) in [4.78, 5) is 8.87. The summed E-state index contributed by atoms with van der Waals surface area (Å²) in [6.07, 6.45) is 3.30. The molecule has 0 aliphatic heterocycles. The predicted molar refractivity (Wildman–Crippen MR) is 60.4 cm³/mol. The van der Waals surface area contributed by atoms with Gasteiger partial charge in [0.25, 0.3) is 0 Å². The van der Waals surface area contributed by atoms with E-state index in [-0.39, 0.29) is 5.82 Å². The fourth-order valence-corrected chi connectivity index (χ4v) is 2.06. The molecule has 0 bridgehead atoms. The summed E-state index contributed by atoms with van der Waals surface area (Å²) >= 11 is 1.31. The average Bonchev–Trinajstić information content (AvgIpc) is 2.29. The molecule has 0 amide bonds. The molecular formula is C11H10FN3S. The smallest absolute Gasteiger partial charge is 0.192 e. The van der Waals surface area contributed by atoms with E-state index in [1.54, 1.807) is 18.5 Å². The molecule has 0 aliphatic rings.